The van der Waals surface area contributed by atoms with Crippen molar-refractivity contribution >= 4 is 34.0 Å². The minimum Gasteiger partial charge on any atom is -0.677 e. The molecule has 2 nitrogen and oxygen atoms in total. The van der Waals surface area contributed by atoms with Gasteiger partial charge in [-0.2, -0.15) is 13.1 Å². The largest absolute Gasteiger partial charge is 0.677 e. The van der Waals surface area contributed by atoms with Gasteiger partial charge in [0.25, 0.3) is 0 Å². The van der Waals surface area contributed by atoms with E-state index in [1.807, 2.05) is 9.88 Å². The fourth-order valence-electron chi connectivity index (χ4n) is 0.250. The molecule has 0 unspecified atom stereocenters. The minimum absolute atomic E-state index is 0.485. The van der Waals surface area contributed by atoms with Crippen molar-refractivity contribution < 1.29 is 0 Å². The molecule has 0 atom stereocenters. The summed E-state index contributed by atoms with van der Waals surface area (Å²) in [4.78, 5) is 3.86. The molecule has 0 aliphatic carbocycles. The third kappa shape index (κ3) is 52.9. The predicted molar refractivity (Wildman–Crippen MR) is 56.8 cm³/mol. The monoisotopic (exact) mass is 306 g/mol. The molecule has 11 heavy (non-hydrogen) atoms. The van der Waals surface area contributed by atoms with Crippen molar-refractivity contribution in [2.24, 2.45) is 0 Å². The van der Waals surface area contributed by atoms with Crippen LogP contribution in [0.25, 0.3) is 11.5 Å². The van der Waals surface area contributed by atoms with Crippen LogP contribution in [0.4, 0.5) is 0 Å². The van der Waals surface area contributed by atoms with E-state index >= 15 is 0 Å². The van der Waals surface area contributed by atoms with Crippen LogP contribution in [-0.2, 0) is 0 Å². The number of nitrogens with one attached hydrogen (secondary N) is 2. The van der Waals surface area contributed by atoms with Gasteiger partial charge in [0.05, 0.1) is 0 Å². The maximum Gasteiger partial charge on any atom is -0.0741 e. The van der Waals surface area contributed by atoms with Crippen molar-refractivity contribution in [1.82, 2.24) is 0 Å². The first kappa shape index (κ1) is 14.8. The number of hydrogen-bond acceptors (Lipinski definition) is 0. The van der Waals surface area contributed by atoms with Crippen molar-refractivity contribution in [3.63, 3.8) is 0 Å². The zero-order valence-corrected chi connectivity index (χ0v) is 11.5. The molecule has 0 saturated carbocycles. The molecule has 5 heteroatoms. The Morgan fingerprint density at radius 1 is 1.00 bits per heavy atom. The fraction of sp³-hybridized carbons (Fsp3) is 1.00. The number of halogens is 2. The molecule has 0 rings (SSSR count). The molecule has 0 aliphatic heterocycles. The second-order valence-electron chi connectivity index (χ2n) is 2.53. The van der Waals surface area contributed by atoms with Gasteiger partial charge >= 0.3 is 43.8 Å². The maximum absolute atomic E-state index is 6.62. The van der Waals surface area contributed by atoms with Crippen molar-refractivity contribution in [1.29, 1.82) is 0 Å². The van der Waals surface area contributed by atoms with E-state index in [9.17, 15) is 0 Å². The second-order valence-corrected chi connectivity index (χ2v) is 24.1. The summed E-state index contributed by atoms with van der Waals surface area (Å²) in [5.41, 5.74) is 13.2. The fourth-order valence-corrected chi connectivity index (χ4v) is 0.250. The quantitative estimate of drug-likeness (QED) is 0.558. The normalized spacial score (nSPS) is 10.4. The van der Waals surface area contributed by atoms with Gasteiger partial charge in [-0.3, -0.25) is 0 Å². The Labute approximate surface area is 80.9 Å². The van der Waals surface area contributed by atoms with Crippen LogP contribution >= 0.6 is 17.8 Å². The summed E-state index contributed by atoms with van der Waals surface area (Å²) in [6.45, 7) is 0.970. The van der Waals surface area contributed by atoms with Gasteiger partial charge in [0.15, 0.2) is 0 Å². The van der Waals surface area contributed by atoms with Gasteiger partial charge in [-0.15, -0.1) is 0 Å². The van der Waals surface area contributed by atoms with Crippen molar-refractivity contribution in [2.45, 2.75) is 22.7 Å². The summed E-state index contributed by atoms with van der Waals surface area (Å²) in [5.74, 6) is 0. The standard InChI is InChI=1S/C4H10N2.2CH3.2ClH.Sn/c5-3-1-2-4-6;;;;;/h5-6H,1-4H2;2*1H3;2*1H;/q-2;;;;;+2/p-2. The molecular formula is C6H16Cl2N2Sn-2. The van der Waals surface area contributed by atoms with Gasteiger partial charge in [0, 0.05) is 0 Å². The molecule has 2 N–H and O–H groups in total. The Bertz CT molecular complexity index is 65.5. The predicted octanol–water partition coefficient (Wildman–Crippen LogP) is 4.04. The zero-order chi connectivity index (χ0) is 9.33. The third-order valence-electron chi connectivity index (χ3n) is 0.604. The molecule has 0 amide bonds. The van der Waals surface area contributed by atoms with Crippen molar-refractivity contribution in [3.8, 4) is 0 Å². The Kier molecular flexibility index (Phi) is 12.6. The molecule has 0 aromatic rings. The number of rotatable bonds is 3. The first-order chi connectivity index (χ1) is 4.91. The van der Waals surface area contributed by atoms with Gasteiger partial charge in [0.2, 0.25) is 0 Å². The maximum atomic E-state index is 6.62. The van der Waals surface area contributed by atoms with Gasteiger partial charge < -0.3 is 11.5 Å². The van der Waals surface area contributed by atoms with Crippen LogP contribution in [-0.4, -0.2) is 29.2 Å². The molecule has 0 aromatic carbocycles. The van der Waals surface area contributed by atoms with E-state index in [-0.39, 0.29) is 0 Å². The molecule has 0 saturated heterocycles. The number of unbranched alkanes of at least 4 members (excludes halogenated alkanes) is 1. The van der Waals surface area contributed by atoms with Gasteiger partial charge in [-0.05, 0) is 0 Å². The molecule has 0 aliphatic rings. The number of hydrogen-bond donors (Lipinski definition) is 0. The molecule has 0 bridgehead atoms. The summed E-state index contributed by atoms with van der Waals surface area (Å²) in [6, 6.07) is 0. The Morgan fingerprint density at radius 2 is 1.18 bits per heavy atom. The van der Waals surface area contributed by atoms with E-state index in [0.717, 1.165) is 12.8 Å². The second kappa shape index (κ2) is 9.39. The molecule has 0 heterocycles. The van der Waals surface area contributed by atoms with E-state index in [4.69, 9.17) is 29.3 Å². The van der Waals surface area contributed by atoms with Crippen LogP contribution < -0.4 is 0 Å². The van der Waals surface area contributed by atoms with Crippen LogP contribution in [0.2, 0.25) is 9.88 Å². The van der Waals surface area contributed by atoms with Gasteiger partial charge in [-0.25, -0.2) is 0 Å². The van der Waals surface area contributed by atoms with E-state index in [2.05, 4.69) is 0 Å². The topological polar surface area (TPSA) is 47.6 Å². The van der Waals surface area contributed by atoms with Crippen molar-refractivity contribution in [3.05, 3.63) is 11.5 Å². The average Bonchev–Trinajstić information content (AvgIpc) is 1.79. The van der Waals surface area contributed by atoms with Crippen LogP contribution in [0, 0.1) is 0 Å². The van der Waals surface area contributed by atoms with Crippen molar-refractivity contribution in [2.75, 3.05) is 13.1 Å². The van der Waals surface area contributed by atoms with Gasteiger partial charge in [0.1, 0.15) is 0 Å². The summed E-state index contributed by atoms with van der Waals surface area (Å²) in [7, 11) is 11.0. The van der Waals surface area contributed by atoms with Gasteiger partial charge in [-0.1, -0.05) is 12.8 Å². The minimum atomic E-state index is -2.24. The van der Waals surface area contributed by atoms with E-state index < -0.39 is 16.1 Å². The molecule has 0 radical (unpaired) electrons. The Morgan fingerprint density at radius 3 is 1.27 bits per heavy atom. The third-order valence-corrected chi connectivity index (χ3v) is 0.604. The van der Waals surface area contributed by atoms with Crippen LogP contribution in [0.1, 0.15) is 12.8 Å². The molecule has 0 spiro atoms. The molecule has 0 fully saturated rings. The van der Waals surface area contributed by atoms with E-state index in [0.29, 0.717) is 13.1 Å². The Hall–Kier alpha value is 1.30. The molecular weight excluding hydrogens is 290 g/mol. The van der Waals surface area contributed by atoms with E-state index in [1.165, 1.54) is 0 Å². The summed E-state index contributed by atoms with van der Waals surface area (Å²) >= 11 is -2.24. The summed E-state index contributed by atoms with van der Waals surface area (Å²) in [6.07, 6.45) is 1.78. The summed E-state index contributed by atoms with van der Waals surface area (Å²) in [5, 5.41) is 0. The first-order valence-electron chi connectivity index (χ1n) is 3.59. The van der Waals surface area contributed by atoms with Crippen LogP contribution in [0.3, 0.4) is 0 Å². The summed E-state index contributed by atoms with van der Waals surface area (Å²) < 4.78 is 0. The van der Waals surface area contributed by atoms with Crippen LogP contribution in [0.5, 0.6) is 0 Å². The zero-order valence-electron chi connectivity index (χ0n) is 7.08. The first-order valence-corrected chi connectivity index (χ1v) is 16.5. The van der Waals surface area contributed by atoms with Crippen LogP contribution in [0.15, 0.2) is 0 Å². The molecule has 0 aromatic heterocycles. The Balaban J connectivity index is 0. The SMILES string of the molecule is [CH3][Sn]([CH3])([Cl])[Cl].[NH-]CCCC[NH-]. The average molecular weight is 306 g/mol. The van der Waals surface area contributed by atoms with E-state index in [1.54, 1.807) is 0 Å². The molecule has 70 valence electrons. The smallest absolute Gasteiger partial charge is 0.0741 e.